The Balaban J connectivity index is 3.95. The molecular weight excluding hydrogens is 132 g/mol. The van der Waals surface area contributed by atoms with Crippen LogP contribution >= 0.6 is 12.6 Å². The summed E-state index contributed by atoms with van der Waals surface area (Å²) in [6.45, 7) is 1.97. The zero-order valence-corrected chi connectivity index (χ0v) is 6.36. The summed E-state index contributed by atoms with van der Waals surface area (Å²) in [7, 11) is 0. The molecule has 0 radical (unpaired) electrons. The van der Waals surface area contributed by atoms with Crippen LogP contribution in [-0.4, -0.2) is 0 Å². The van der Waals surface area contributed by atoms with Crippen molar-refractivity contribution in [2.45, 2.75) is 13.3 Å². The molecule has 4 N–H and O–H groups in total. The standard InChI is InChI=1S/C6H12N2S/c1-2-5(7)3-6(8)4-9/h3-4,9H,2,7-8H2,1H3/b5-3-,6-4+. The fraction of sp³-hybridized carbons (Fsp3) is 0.333. The maximum atomic E-state index is 5.46. The third kappa shape index (κ3) is 3.97. The Morgan fingerprint density at radius 3 is 2.44 bits per heavy atom. The second kappa shape index (κ2) is 4.32. The van der Waals surface area contributed by atoms with Crippen LogP contribution in [0.3, 0.4) is 0 Å². The molecule has 0 aliphatic carbocycles. The van der Waals surface area contributed by atoms with Gasteiger partial charge in [0.25, 0.3) is 0 Å². The highest BCUT2D eigenvalue weighted by atomic mass is 32.1. The van der Waals surface area contributed by atoms with Crippen molar-refractivity contribution in [1.29, 1.82) is 0 Å². The lowest BCUT2D eigenvalue weighted by molar-refractivity contribution is 1.06. The Kier molecular flexibility index (Phi) is 4.05. The Labute approximate surface area is 61.0 Å². The average Bonchev–Trinajstić information content (AvgIpc) is 1.87. The molecule has 0 saturated heterocycles. The van der Waals surface area contributed by atoms with Crippen LogP contribution in [0.5, 0.6) is 0 Å². The van der Waals surface area contributed by atoms with Crippen LogP contribution in [0.2, 0.25) is 0 Å². The Morgan fingerprint density at radius 1 is 1.56 bits per heavy atom. The molecule has 0 rings (SSSR count). The molecule has 0 aromatic rings. The predicted octanol–water partition coefficient (Wildman–Crippen LogP) is 0.969. The average molecular weight is 144 g/mol. The zero-order chi connectivity index (χ0) is 7.28. The van der Waals surface area contributed by atoms with Crippen LogP contribution in [-0.2, 0) is 0 Å². The van der Waals surface area contributed by atoms with E-state index < -0.39 is 0 Å². The van der Waals surface area contributed by atoms with Crippen molar-refractivity contribution in [3.63, 3.8) is 0 Å². The van der Waals surface area contributed by atoms with E-state index in [0.717, 1.165) is 12.1 Å². The summed E-state index contributed by atoms with van der Waals surface area (Å²) in [5.41, 5.74) is 12.2. The van der Waals surface area contributed by atoms with Crippen LogP contribution in [0.15, 0.2) is 22.9 Å². The van der Waals surface area contributed by atoms with E-state index in [1.807, 2.05) is 6.92 Å². The third-order valence-corrected chi connectivity index (χ3v) is 1.21. The third-order valence-electron chi connectivity index (χ3n) is 0.909. The van der Waals surface area contributed by atoms with Gasteiger partial charge in [0.2, 0.25) is 0 Å². The first-order valence-electron chi connectivity index (χ1n) is 2.76. The molecule has 0 heterocycles. The maximum absolute atomic E-state index is 5.46. The maximum Gasteiger partial charge on any atom is 0.0392 e. The van der Waals surface area contributed by atoms with E-state index in [9.17, 15) is 0 Å². The van der Waals surface area contributed by atoms with E-state index in [4.69, 9.17) is 11.5 Å². The minimum absolute atomic E-state index is 0.595. The number of hydrogen-bond acceptors (Lipinski definition) is 3. The molecule has 0 saturated carbocycles. The lowest BCUT2D eigenvalue weighted by Gasteiger charge is -1.93. The summed E-state index contributed by atoms with van der Waals surface area (Å²) in [6.07, 6.45) is 2.52. The van der Waals surface area contributed by atoms with Crippen LogP contribution in [0, 0.1) is 0 Å². The molecule has 0 aromatic heterocycles. The number of hydrogen-bond donors (Lipinski definition) is 3. The van der Waals surface area contributed by atoms with Crippen molar-refractivity contribution in [3.05, 3.63) is 22.9 Å². The summed E-state index contributed by atoms with van der Waals surface area (Å²) in [5, 5.41) is 1.52. The van der Waals surface area contributed by atoms with Gasteiger partial charge in [-0.2, -0.15) is 0 Å². The normalized spacial score (nSPS) is 14.0. The molecule has 0 bridgehead atoms. The first kappa shape index (κ1) is 8.43. The monoisotopic (exact) mass is 144 g/mol. The first-order chi connectivity index (χ1) is 4.20. The largest absolute Gasteiger partial charge is 0.402 e. The molecule has 0 amide bonds. The van der Waals surface area contributed by atoms with Crippen molar-refractivity contribution in [3.8, 4) is 0 Å². The molecule has 0 aliphatic rings. The molecule has 3 heteroatoms. The van der Waals surface area contributed by atoms with Crippen LogP contribution in [0.4, 0.5) is 0 Å². The second-order valence-corrected chi connectivity index (χ2v) is 1.96. The number of rotatable bonds is 2. The van der Waals surface area contributed by atoms with E-state index >= 15 is 0 Å². The highest BCUT2D eigenvalue weighted by Crippen LogP contribution is 1.95. The van der Waals surface area contributed by atoms with E-state index in [1.54, 1.807) is 6.08 Å². The number of allylic oxidation sites excluding steroid dienone is 2. The topological polar surface area (TPSA) is 52.0 Å². The molecule has 0 aromatic carbocycles. The van der Waals surface area contributed by atoms with E-state index in [0.29, 0.717) is 5.70 Å². The van der Waals surface area contributed by atoms with Crippen molar-refractivity contribution in [2.75, 3.05) is 0 Å². The second-order valence-electron chi connectivity index (χ2n) is 1.70. The number of thiol groups is 1. The van der Waals surface area contributed by atoms with Crippen molar-refractivity contribution < 1.29 is 0 Å². The van der Waals surface area contributed by atoms with Gasteiger partial charge in [-0.25, -0.2) is 0 Å². The van der Waals surface area contributed by atoms with E-state index in [1.165, 1.54) is 5.41 Å². The van der Waals surface area contributed by atoms with Crippen molar-refractivity contribution in [2.24, 2.45) is 11.5 Å². The quantitative estimate of drug-likeness (QED) is 0.399. The summed E-state index contributed by atoms with van der Waals surface area (Å²) in [5.74, 6) is 0. The Bertz CT molecular complexity index is 138. The van der Waals surface area contributed by atoms with Gasteiger partial charge in [0.05, 0.1) is 0 Å². The van der Waals surface area contributed by atoms with Gasteiger partial charge in [-0.1, -0.05) is 6.92 Å². The van der Waals surface area contributed by atoms with Gasteiger partial charge in [0.15, 0.2) is 0 Å². The zero-order valence-electron chi connectivity index (χ0n) is 5.46. The molecular formula is C6H12N2S. The molecule has 0 fully saturated rings. The van der Waals surface area contributed by atoms with Gasteiger partial charge in [-0.15, -0.1) is 12.6 Å². The summed E-state index contributed by atoms with van der Waals surface area (Å²) in [4.78, 5) is 0. The Hall–Kier alpha value is -0.570. The van der Waals surface area contributed by atoms with Crippen molar-refractivity contribution >= 4 is 12.6 Å². The molecule has 52 valence electrons. The molecule has 0 unspecified atom stereocenters. The SMILES string of the molecule is CC/C(N)=C/C(N)=C\S. The molecule has 0 atom stereocenters. The van der Waals surface area contributed by atoms with Gasteiger partial charge < -0.3 is 11.5 Å². The minimum atomic E-state index is 0.595. The Morgan fingerprint density at radius 2 is 2.11 bits per heavy atom. The molecule has 9 heavy (non-hydrogen) atoms. The highest BCUT2D eigenvalue weighted by Gasteiger charge is 1.83. The van der Waals surface area contributed by atoms with Gasteiger partial charge in [-0.05, 0) is 17.9 Å². The molecule has 0 aliphatic heterocycles. The highest BCUT2D eigenvalue weighted by molar-refractivity contribution is 7.83. The summed E-state index contributed by atoms with van der Waals surface area (Å²) < 4.78 is 0. The number of nitrogens with two attached hydrogens (primary N) is 2. The smallest absolute Gasteiger partial charge is 0.0392 e. The fourth-order valence-electron chi connectivity index (χ4n) is 0.353. The van der Waals surface area contributed by atoms with Crippen LogP contribution in [0.25, 0.3) is 0 Å². The van der Waals surface area contributed by atoms with E-state index in [2.05, 4.69) is 12.6 Å². The van der Waals surface area contributed by atoms with Crippen LogP contribution < -0.4 is 11.5 Å². The van der Waals surface area contributed by atoms with Gasteiger partial charge >= 0.3 is 0 Å². The fourth-order valence-corrected chi connectivity index (χ4v) is 0.428. The minimum Gasteiger partial charge on any atom is -0.402 e. The van der Waals surface area contributed by atoms with E-state index in [-0.39, 0.29) is 0 Å². The van der Waals surface area contributed by atoms with Gasteiger partial charge in [0, 0.05) is 11.4 Å². The summed E-state index contributed by atoms with van der Waals surface area (Å²) in [6, 6.07) is 0. The first-order valence-corrected chi connectivity index (χ1v) is 3.28. The van der Waals surface area contributed by atoms with Gasteiger partial charge in [-0.3, -0.25) is 0 Å². The lowest BCUT2D eigenvalue weighted by atomic mass is 10.3. The van der Waals surface area contributed by atoms with Gasteiger partial charge in [0.1, 0.15) is 0 Å². The van der Waals surface area contributed by atoms with Crippen molar-refractivity contribution in [1.82, 2.24) is 0 Å². The molecule has 0 spiro atoms. The lowest BCUT2D eigenvalue weighted by Crippen LogP contribution is -1.99. The van der Waals surface area contributed by atoms with Crippen LogP contribution in [0.1, 0.15) is 13.3 Å². The summed E-state index contributed by atoms with van der Waals surface area (Å²) >= 11 is 3.84. The predicted molar refractivity (Wildman–Crippen MR) is 43.8 cm³/mol. The molecule has 2 nitrogen and oxygen atoms in total.